The molecule has 0 aliphatic carbocycles. The number of nitrogens with two attached hydrogens (primary N) is 1. The van der Waals surface area contributed by atoms with E-state index in [2.05, 4.69) is 10.6 Å². The lowest BCUT2D eigenvalue weighted by molar-refractivity contribution is -0.148. The molecule has 0 radical (unpaired) electrons. The Balaban J connectivity index is 2.21. The molecule has 0 heterocycles. The summed E-state index contributed by atoms with van der Waals surface area (Å²) in [4.78, 5) is 36.6. The molecule has 2 rings (SSSR count). The molecule has 0 aliphatic heterocycles. The summed E-state index contributed by atoms with van der Waals surface area (Å²) in [7, 11) is 0. The number of amides is 3. The van der Waals surface area contributed by atoms with Crippen LogP contribution in [0.3, 0.4) is 0 Å². The maximum atomic E-state index is 12.9. The van der Waals surface area contributed by atoms with E-state index in [1.165, 1.54) is 0 Å². The first kappa shape index (κ1) is 24.2. The highest BCUT2D eigenvalue weighted by Gasteiger charge is 2.24. The van der Waals surface area contributed by atoms with Crippen LogP contribution in [0.25, 0.3) is 0 Å². The van der Waals surface area contributed by atoms with Crippen molar-refractivity contribution in [2.45, 2.75) is 51.8 Å². The second-order valence-electron chi connectivity index (χ2n) is 7.56. The number of ether oxygens (including phenoxy) is 1. The van der Waals surface area contributed by atoms with Crippen molar-refractivity contribution in [3.63, 3.8) is 0 Å². The Morgan fingerprint density at radius 3 is 2.32 bits per heavy atom. The van der Waals surface area contributed by atoms with E-state index >= 15 is 0 Å². The largest absolute Gasteiger partial charge is 0.463 e. The summed E-state index contributed by atoms with van der Waals surface area (Å²) in [6.45, 7) is 5.42. The van der Waals surface area contributed by atoms with Gasteiger partial charge in [-0.25, -0.2) is 4.79 Å². The molecule has 0 bridgehead atoms. The number of nitrogens with one attached hydrogen (secondary N) is 2. The first-order chi connectivity index (χ1) is 14.7. The highest BCUT2D eigenvalue weighted by molar-refractivity contribution is 6.31. The van der Waals surface area contributed by atoms with Crippen LogP contribution in [0.2, 0.25) is 5.02 Å². The maximum Gasteiger partial charge on any atom is 0.312 e. The number of rotatable bonds is 9. The number of hydrogen-bond acceptors (Lipinski definition) is 4. The predicted octanol–water partition coefficient (Wildman–Crippen LogP) is 3.95. The standard InChI is InChI=1S/C23H28ClN3O4/c1-14(2)31-22(29)13-20(17-9-4-5-10-18(17)24)26-21(28)12-19(27-23(25)30)16-8-6-7-15(3)11-16/h4-11,14,19-20H,12-13H2,1-3H3,(H,26,28)(H3,25,27,30)/t19-,20+/m0/s1. The summed E-state index contributed by atoms with van der Waals surface area (Å²) in [5, 5.41) is 5.88. The molecule has 0 spiro atoms. The first-order valence-corrected chi connectivity index (χ1v) is 10.4. The molecule has 166 valence electrons. The van der Waals surface area contributed by atoms with E-state index in [0.29, 0.717) is 10.6 Å². The minimum atomic E-state index is -0.734. The molecule has 8 heteroatoms. The van der Waals surface area contributed by atoms with Crippen molar-refractivity contribution >= 4 is 29.5 Å². The van der Waals surface area contributed by atoms with Gasteiger partial charge in [-0.1, -0.05) is 59.6 Å². The van der Waals surface area contributed by atoms with Crippen LogP contribution in [-0.2, 0) is 14.3 Å². The van der Waals surface area contributed by atoms with Crippen LogP contribution < -0.4 is 16.4 Å². The number of hydrogen-bond donors (Lipinski definition) is 3. The number of carbonyl (C=O) groups is 3. The zero-order valence-electron chi connectivity index (χ0n) is 17.9. The molecule has 31 heavy (non-hydrogen) atoms. The highest BCUT2D eigenvalue weighted by Crippen LogP contribution is 2.26. The van der Waals surface area contributed by atoms with E-state index in [0.717, 1.165) is 11.1 Å². The average Bonchev–Trinajstić information content (AvgIpc) is 2.66. The molecule has 2 aromatic carbocycles. The minimum Gasteiger partial charge on any atom is -0.463 e. The number of halogens is 1. The molecule has 4 N–H and O–H groups in total. The van der Waals surface area contributed by atoms with Gasteiger partial charge in [-0.3, -0.25) is 9.59 Å². The lowest BCUT2D eigenvalue weighted by Gasteiger charge is -2.23. The van der Waals surface area contributed by atoms with E-state index < -0.39 is 24.1 Å². The fraction of sp³-hybridized carbons (Fsp3) is 0.348. The van der Waals surface area contributed by atoms with Crippen LogP contribution in [0.1, 0.15) is 55.5 Å². The number of esters is 1. The van der Waals surface area contributed by atoms with Crippen LogP contribution in [0.4, 0.5) is 4.79 Å². The van der Waals surface area contributed by atoms with Crippen molar-refractivity contribution in [3.05, 3.63) is 70.2 Å². The van der Waals surface area contributed by atoms with E-state index in [9.17, 15) is 14.4 Å². The van der Waals surface area contributed by atoms with E-state index in [-0.39, 0.29) is 24.9 Å². The molecule has 3 amide bonds. The molecular weight excluding hydrogens is 418 g/mol. The Kier molecular flexibility index (Phi) is 8.88. The lowest BCUT2D eigenvalue weighted by atomic mass is 10.00. The van der Waals surface area contributed by atoms with Crippen molar-refractivity contribution in [1.82, 2.24) is 10.6 Å². The second kappa shape index (κ2) is 11.4. The number of urea groups is 1. The average molecular weight is 446 g/mol. The van der Waals surface area contributed by atoms with Gasteiger partial charge in [-0.2, -0.15) is 0 Å². The molecular formula is C23H28ClN3O4. The molecule has 7 nitrogen and oxygen atoms in total. The van der Waals surface area contributed by atoms with Crippen molar-refractivity contribution in [2.24, 2.45) is 5.73 Å². The summed E-state index contributed by atoms with van der Waals surface area (Å²) in [6.07, 6.45) is -0.418. The number of primary amides is 1. The zero-order valence-corrected chi connectivity index (χ0v) is 18.6. The van der Waals surface area contributed by atoms with E-state index in [1.807, 2.05) is 31.2 Å². The number of benzene rings is 2. The van der Waals surface area contributed by atoms with Crippen LogP contribution >= 0.6 is 11.6 Å². The highest BCUT2D eigenvalue weighted by atomic mass is 35.5. The molecule has 0 saturated heterocycles. The SMILES string of the molecule is Cc1cccc([C@H](CC(=O)N[C@H](CC(=O)OC(C)C)c2ccccc2Cl)NC(N)=O)c1. The van der Waals surface area contributed by atoms with E-state index in [1.54, 1.807) is 38.1 Å². The number of aryl methyl sites for hydroxylation is 1. The Morgan fingerprint density at radius 2 is 1.71 bits per heavy atom. The van der Waals surface area contributed by atoms with Crippen molar-refractivity contribution in [1.29, 1.82) is 0 Å². The fourth-order valence-electron chi connectivity index (χ4n) is 3.22. The smallest absolute Gasteiger partial charge is 0.312 e. The normalized spacial score (nSPS) is 12.7. The second-order valence-corrected chi connectivity index (χ2v) is 7.97. The topological polar surface area (TPSA) is 111 Å². The Bertz CT molecular complexity index is 933. The van der Waals surface area contributed by atoms with Gasteiger partial charge in [0.15, 0.2) is 0 Å². The molecule has 0 saturated carbocycles. The van der Waals surface area contributed by atoms with Gasteiger partial charge in [-0.15, -0.1) is 0 Å². The third kappa shape index (κ3) is 7.94. The Morgan fingerprint density at radius 1 is 1.00 bits per heavy atom. The van der Waals surface area contributed by atoms with Gasteiger partial charge < -0.3 is 21.1 Å². The first-order valence-electron chi connectivity index (χ1n) is 10.0. The molecule has 0 unspecified atom stereocenters. The Labute approximate surface area is 187 Å². The van der Waals surface area contributed by atoms with Crippen molar-refractivity contribution < 1.29 is 19.1 Å². The Hall–Kier alpha value is -3.06. The number of carbonyl (C=O) groups excluding carboxylic acids is 3. The molecule has 2 atom stereocenters. The zero-order chi connectivity index (χ0) is 23.0. The van der Waals surface area contributed by atoms with Crippen LogP contribution in [-0.4, -0.2) is 24.0 Å². The van der Waals surface area contributed by atoms with Gasteiger partial charge in [0, 0.05) is 5.02 Å². The van der Waals surface area contributed by atoms with Gasteiger partial charge in [0.05, 0.1) is 31.0 Å². The minimum absolute atomic E-state index is 0.0629. The third-order valence-corrected chi connectivity index (χ3v) is 4.85. The third-order valence-electron chi connectivity index (χ3n) is 4.50. The monoisotopic (exact) mass is 445 g/mol. The van der Waals surface area contributed by atoms with Gasteiger partial charge in [0.2, 0.25) is 5.91 Å². The molecule has 2 aromatic rings. The molecule has 0 aliphatic rings. The summed E-state index contributed by atoms with van der Waals surface area (Å²) < 4.78 is 5.23. The van der Waals surface area contributed by atoms with Crippen LogP contribution in [0.15, 0.2) is 48.5 Å². The lowest BCUT2D eigenvalue weighted by Crippen LogP contribution is -2.38. The summed E-state index contributed by atoms with van der Waals surface area (Å²) in [5.41, 5.74) is 7.65. The van der Waals surface area contributed by atoms with Crippen molar-refractivity contribution in [2.75, 3.05) is 0 Å². The van der Waals surface area contributed by atoms with Gasteiger partial charge in [-0.05, 0) is 38.0 Å². The van der Waals surface area contributed by atoms with Gasteiger partial charge >= 0.3 is 12.0 Å². The van der Waals surface area contributed by atoms with Gasteiger partial charge in [0.25, 0.3) is 0 Å². The predicted molar refractivity (Wildman–Crippen MR) is 119 cm³/mol. The van der Waals surface area contributed by atoms with Gasteiger partial charge in [0.1, 0.15) is 0 Å². The summed E-state index contributed by atoms with van der Waals surface area (Å²) in [6, 6.07) is 12.4. The molecule has 0 fully saturated rings. The summed E-state index contributed by atoms with van der Waals surface area (Å²) >= 11 is 6.30. The fourth-order valence-corrected chi connectivity index (χ4v) is 3.49. The van der Waals surface area contributed by atoms with Crippen LogP contribution in [0.5, 0.6) is 0 Å². The maximum absolute atomic E-state index is 12.9. The van der Waals surface area contributed by atoms with Crippen LogP contribution in [0, 0.1) is 6.92 Å². The van der Waals surface area contributed by atoms with Crippen molar-refractivity contribution in [3.8, 4) is 0 Å². The quantitative estimate of drug-likeness (QED) is 0.507. The van der Waals surface area contributed by atoms with E-state index in [4.69, 9.17) is 22.1 Å². The molecule has 0 aromatic heterocycles. The summed E-state index contributed by atoms with van der Waals surface area (Å²) in [5.74, 6) is -0.826.